The molecule has 7 heteroatoms. The number of benzene rings is 2. The molecule has 0 saturated carbocycles. The molecule has 1 amide bonds. The third-order valence-electron chi connectivity index (χ3n) is 4.74. The van der Waals surface area contributed by atoms with Gasteiger partial charge in [0.2, 0.25) is 5.88 Å². The minimum Gasteiger partial charge on any atom is -0.493 e. The second kappa shape index (κ2) is 7.35. The predicted molar refractivity (Wildman–Crippen MR) is 110 cm³/mol. The van der Waals surface area contributed by atoms with Gasteiger partial charge in [-0.25, -0.2) is 0 Å². The molecule has 2 heterocycles. The summed E-state index contributed by atoms with van der Waals surface area (Å²) in [5.41, 5.74) is 2.51. The van der Waals surface area contributed by atoms with Crippen LogP contribution in [0, 0.1) is 6.92 Å². The van der Waals surface area contributed by atoms with Gasteiger partial charge in [0, 0.05) is 17.0 Å². The number of fused-ring (bicyclic) bond motifs is 1. The second-order valence-corrected chi connectivity index (χ2v) is 6.99. The van der Waals surface area contributed by atoms with Gasteiger partial charge in [-0.15, -0.1) is 10.2 Å². The minimum absolute atomic E-state index is 0.0181. The number of hydrogen-bond donors (Lipinski definition) is 1. The molecule has 4 rings (SSSR count). The van der Waals surface area contributed by atoms with Gasteiger partial charge in [-0.05, 0) is 26.8 Å². The summed E-state index contributed by atoms with van der Waals surface area (Å²) in [4.78, 5) is 12.8. The number of aryl methyl sites for hydroxylation is 1. The van der Waals surface area contributed by atoms with Crippen LogP contribution in [0.15, 0.2) is 69.3 Å². The zero-order valence-corrected chi connectivity index (χ0v) is 16.3. The van der Waals surface area contributed by atoms with Crippen LogP contribution in [0.1, 0.15) is 36.0 Å². The molecule has 0 saturated heterocycles. The lowest BCUT2D eigenvalue weighted by atomic mass is 10.1. The third kappa shape index (κ3) is 3.20. The largest absolute Gasteiger partial charge is 0.493 e. The Labute approximate surface area is 167 Å². The Bertz CT molecular complexity index is 1220. The number of aromatic hydroxyl groups is 1. The van der Waals surface area contributed by atoms with E-state index >= 15 is 0 Å². The smallest absolute Gasteiger partial charge is 0.301 e. The average molecular weight is 388 g/mol. The summed E-state index contributed by atoms with van der Waals surface area (Å²) < 4.78 is 6.98. The van der Waals surface area contributed by atoms with E-state index in [2.05, 4.69) is 15.4 Å². The number of carbonyl (C=O) groups excluding carboxylic acids is 1. The summed E-state index contributed by atoms with van der Waals surface area (Å²) in [7, 11) is 0. The van der Waals surface area contributed by atoms with E-state index < -0.39 is 5.91 Å². The Kier molecular flexibility index (Phi) is 4.72. The Hall–Kier alpha value is -3.74. The van der Waals surface area contributed by atoms with Gasteiger partial charge < -0.3 is 14.2 Å². The fraction of sp³-hybridized carbons (Fsp3) is 0.182. The summed E-state index contributed by atoms with van der Waals surface area (Å²) >= 11 is 0. The van der Waals surface area contributed by atoms with Crippen molar-refractivity contribution in [2.75, 3.05) is 0 Å². The molecule has 0 bridgehead atoms. The van der Waals surface area contributed by atoms with Gasteiger partial charge >= 0.3 is 5.91 Å². The number of para-hydroxylation sites is 1. The maximum atomic E-state index is 12.8. The molecule has 0 unspecified atom stereocenters. The predicted octanol–water partition coefficient (Wildman–Crippen LogP) is 5.82. The summed E-state index contributed by atoms with van der Waals surface area (Å²) in [5.74, 6) is -0.243. The standard InChI is InChI=1S/C22H20N4O3/c1-13(2)26-17-12-8-7-11-16(17)20(22(26)28)23-24-21(27)18-14(3)29-25-19(18)15-9-5-4-6-10-15/h4-13,28H,1-3H3. The van der Waals surface area contributed by atoms with Crippen molar-refractivity contribution in [2.45, 2.75) is 26.8 Å². The lowest BCUT2D eigenvalue weighted by Crippen LogP contribution is -1.99. The van der Waals surface area contributed by atoms with E-state index in [1.165, 1.54) is 0 Å². The summed E-state index contributed by atoms with van der Waals surface area (Å²) in [6.45, 7) is 5.58. The second-order valence-electron chi connectivity index (χ2n) is 6.99. The maximum Gasteiger partial charge on any atom is 0.301 e. The van der Waals surface area contributed by atoms with Gasteiger partial charge in [-0.3, -0.25) is 4.79 Å². The first-order chi connectivity index (χ1) is 14.0. The van der Waals surface area contributed by atoms with E-state index in [0.717, 1.165) is 16.5 Å². The van der Waals surface area contributed by atoms with Crippen molar-refractivity contribution in [2.24, 2.45) is 10.2 Å². The Morgan fingerprint density at radius 3 is 2.52 bits per heavy atom. The molecule has 0 radical (unpaired) electrons. The van der Waals surface area contributed by atoms with Crippen LogP contribution in [-0.4, -0.2) is 20.7 Å². The highest BCUT2D eigenvalue weighted by Crippen LogP contribution is 2.41. The zero-order chi connectivity index (χ0) is 20.5. The number of rotatable bonds is 4. The first-order valence-corrected chi connectivity index (χ1v) is 9.28. The van der Waals surface area contributed by atoms with Crippen molar-refractivity contribution in [1.82, 2.24) is 9.72 Å². The van der Waals surface area contributed by atoms with Gasteiger partial charge in [-0.1, -0.05) is 53.7 Å². The Morgan fingerprint density at radius 1 is 1.10 bits per heavy atom. The molecular weight excluding hydrogens is 368 g/mol. The summed E-state index contributed by atoms with van der Waals surface area (Å²) in [6.07, 6.45) is 0. The van der Waals surface area contributed by atoms with Crippen LogP contribution in [0.2, 0.25) is 0 Å². The van der Waals surface area contributed by atoms with Crippen LogP contribution < -0.4 is 0 Å². The fourth-order valence-electron chi connectivity index (χ4n) is 3.42. The maximum absolute atomic E-state index is 12.8. The SMILES string of the molecule is Cc1onc(-c2ccccc2)c1C(=O)N=Nc1c(O)n(C(C)C)c2ccccc12. The number of azo groups is 1. The molecule has 2 aromatic carbocycles. The van der Waals surface area contributed by atoms with Gasteiger partial charge in [0.05, 0.1) is 5.52 Å². The average Bonchev–Trinajstić information content (AvgIpc) is 3.24. The summed E-state index contributed by atoms with van der Waals surface area (Å²) in [5, 5.41) is 23.4. The van der Waals surface area contributed by atoms with E-state index in [9.17, 15) is 9.90 Å². The van der Waals surface area contributed by atoms with Crippen molar-refractivity contribution in [3.8, 4) is 17.1 Å². The quantitative estimate of drug-likeness (QED) is 0.446. The van der Waals surface area contributed by atoms with E-state index in [4.69, 9.17) is 4.52 Å². The number of nitrogens with zero attached hydrogens (tertiary/aromatic N) is 4. The highest BCUT2D eigenvalue weighted by Gasteiger charge is 2.23. The lowest BCUT2D eigenvalue weighted by molar-refractivity contribution is 0.0994. The number of carbonyl (C=O) groups is 1. The molecule has 0 aliphatic heterocycles. The first kappa shape index (κ1) is 18.6. The molecular formula is C22H20N4O3. The summed E-state index contributed by atoms with van der Waals surface area (Å²) in [6, 6.07) is 16.8. The van der Waals surface area contributed by atoms with Gasteiger partial charge in [-0.2, -0.15) is 0 Å². The first-order valence-electron chi connectivity index (χ1n) is 9.28. The molecule has 7 nitrogen and oxygen atoms in total. The van der Waals surface area contributed by atoms with Gasteiger partial charge in [0.15, 0.2) is 5.69 Å². The fourth-order valence-corrected chi connectivity index (χ4v) is 3.42. The monoisotopic (exact) mass is 388 g/mol. The number of hydrogen-bond acceptors (Lipinski definition) is 5. The van der Waals surface area contributed by atoms with Gasteiger partial charge in [0.25, 0.3) is 0 Å². The number of aromatic nitrogens is 2. The molecule has 0 fully saturated rings. The van der Waals surface area contributed by atoms with Crippen LogP contribution in [0.3, 0.4) is 0 Å². The molecule has 29 heavy (non-hydrogen) atoms. The number of amides is 1. The van der Waals surface area contributed by atoms with Crippen LogP contribution >= 0.6 is 0 Å². The molecule has 146 valence electrons. The van der Waals surface area contributed by atoms with Gasteiger partial charge in [0.1, 0.15) is 17.0 Å². The normalized spacial score (nSPS) is 11.7. The molecule has 4 aromatic rings. The molecule has 0 aliphatic carbocycles. The molecule has 0 spiro atoms. The highest BCUT2D eigenvalue weighted by molar-refractivity contribution is 6.02. The van der Waals surface area contributed by atoms with Crippen molar-refractivity contribution in [3.05, 3.63) is 65.9 Å². The molecule has 1 N–H and O–H groups in total. The van der Waals surface area contributed by atoms with E-state index in [1.807, 2.05) is 68.4 Å². The third-order valence-corrected chi connectivity index (χ3v) is 4.74. The van der Waals surface area contributed by atoms with Crippen LogP contribution in [0.5, 0.6) is 5.88 Å². The van der Waals surface area contributed by atoms with E-state index in [1.54, 1.807) is 11.5 Å². The molecule has 0 aliphatic rings. The van der Waals surface area contributed by atoms with E-state index in [-0.39, 0.29) is 23.2 Å². The van der Waals surface area contributed by atoms with Crippen molar-refractivity contribution in [1.29, 1.82) is 0 Å². The molecule has 0 atom stereocenters. The Balaban J connectivity index is 1.76. The van der Waals surface area contributed by atoms with Crippen molar-refractivity contribution >= 4 is 22.5 Å². The minimum atomic E-state index is -0.580. The van der Waals surface area contributed by atoms with Crippen molar-refractivity contribution in [3.63, 3.8) is 0 Å². The highest BCUT2D eigenvalue weighted by atomic mass is 16.5. The van der Waals surface area contributed by atoms with Crippen LogP contribution in [-0.2, 0) is 0 Å². The van der Waals surface area contributed by atoms with E-state index in [0.29, 0.717) is 11.5 Å². The molecule has 2 aromatic heterocycles. The van der Waals surface area contributed by atoms with Crippen LogP contribution in [0.4, 0.5) is 5.69 Å². The lowest BCUT2D eigenvalue weighted by Gasteiger charge is -2.10. The van der Waals surface area contributed by atoms with Crippen molar-refractivity contribution < 1.29 is 14.4 Å². The topological polar surface area (TPSA) is 93.0 Å². The zero-order valence-electron chi connectivity index (χ0n) is 16.3. The van der Waals surface area contributed by atoms with Crippen LogP contribution in [0.25, 0.3) is 22.2 Å². The Morgan fingerprint density at radius 2 is 1.79 bits per heavy atom.